The van der Waals surface area contributed by atoms with Gasteiger partial charge in [0.1, 0.15) is 5.75 Å². The van der Waals surface area contributed by atoms with Crippen LogP contribution in [0, 0.1) is 0 Å². The maximum atomic E-state index is 12.2. The van der Waals surface area contributed by atoms with Crippen LogP contribution in [0.25, 0.3) is 0 Å². The predicted octanol–water partition coefficient (Wildman–Crippen LogP) is 3.64. The van der Waals surface area contributed by atoms with Gasteiger partial charge >= 0.3 is 0 Å². The van der Waals surface area contributed by atoms with Crippen molar-refractivity contribution in [3.63, 3.8) is 0 Å². The maximum absolute atomic E-state index is 12.2. The molecule has 0 radical (unpaired) electrons. The summed E-state index contributed by atoms with van der Waals surface area (Å²) in [5, 5.41) is 6.30. The number of nitrogens with one attached hydrogen (secondary N) is 2. The normalized spacial score (nSPS) is 14.5. The number of hydrogen-bond donors (Lipinski definition) is 2. The van der Waals surface area contributed by atoms with Crippen LogP contribution >= 0.6 is 11.6 Å². The lowest BCUT2D eigenvalue weighted by Gasteiger charge is -2.15. The maximum Gasteiger partial charge on any atom is 0.265 e. The van der Waals surface area contributed by atoms with E-state index in [4.69, 9.17) is 16.3 Å². The minimum Gasteiger partial charge on any atom is -0.481 e. The largest absolute Gasteiger partial charge is 0.481 e. The quantitative estimate of drug-likeness (QED) is 0.828. The SMILES string of the molecule is C[C@H](Oc1ccc(Cl)cc1)C(=O)Nc1ccc(C(=O)NC2CC2)cc1. The molecule has 1 aliphatic carbocycles. The fourth-order valence-electron chi connectivity index (χ4n) is 2.22. The van der Waals surface area contributed by atoms with Crippen molar-refractivity contribution in [2.24, 2.45) is 0 Å². The van der Waals surface area contributed by atoms with Crippen molar-refractivity contribution in [2.75, 3.05) is 5.32 Å². The Morgan fingerprint density at radius 1 is 1.08 bits per heavy atom. The van der Waals surface area contributed by atoms with Crippen LogP contribution in [0.15, 0.2) is 48.5 Å². The van der Waals surface area contributed by atoms with Gasteiger partial charge in [0.15, 0.2) is 6.10 Å². The number of carbonyl (C=O) groups is 2. The second kappa shape index (κ2) is 7.57. The lowest BCUT2D eigenvalue weighted by Crippen LogP contribution is -2.30. The third-order valence-electron chi connectivity index (χ3n) is 3.82. The average Bonchev–Trinajstić information content (AvgIpc) is 3.41. The molecule has 0 aliphatic heterocycles. The van der Waals surface area contributed by atoms with E-state index < -0.39 is 6.10 Å². The summed E-state index contributed by atoms with van der Waals surface area (Å²) in [6, 6.07) is 13.9. The van der Waals surface area contributed by atoms with Crippen LogP contribution in [0.1, 0.15) is 30.1 Å². The minimum absolute atomic E-state index is 0.0835. The Morgan fingerprint density at radius 2 is 1.72 bits per heavy atom. The first-order valence-electron chi connectivity index (χ1n) is 8.15. The molecule has 0 spiro atoms. The summed E-state index contributed by atoms with van der Waals surface area (Å²) in [6.45, 7) is 1.67. The van der Waals surface area contributed by atoms with E-state index in [0.29, 0.717) is 28.1 Å². The summed E-state index contributed by atoms with van der Waals surface area (Å²) in [4.78, 5) is 24.2. The number of benzene rings is 2. The van der Waals surface area contributed by atoms with Crippen molar-refractivity contribution in [1.29, 1.82) is 0 Å². The molecule has 2 N–H and O–H groups in total. The highest BCUT2D eigenvalue weighted by molar-refractivity contribution is 6.30. The van der Waals surface area contributed by atoms with Crippen molar-refractivity contribution in [3.8, 4) is 5.75 Å². The molecule has 1 saturated carbocycles. The van der Waals surface area contributed by atoms with Crippen molar-refractivity contribution in [3.05, 3.63) is 59.1 Å². The molecule has 0 unspecified atom stereocenters. The Balaban J connectivity index is 1.54. The summed E-state index contributed by atoms with van der Waals surface area (Å²) in [7, 11) is 0. The molecular formula is C19H19ClN2O3. The van der Waals surface area contributed by atoms with Gasteiger partial charge in [-0.2, -0.15) is 0 Å². The number of ether oxygens (including phenoxy) is 1. The summed E-state index contributed by atoms with van der Waals surface area (Å²) in [5.41, 5.74) is 1.19. The molecule has 0 aromatic heterocycles. The van der Waals surface area contributed by atoms with E-state index in [-0.39, 0.29) is 11.8 Å². The Hall–Kier alpha value is -2.53. The van der Waals surface area contributed by atoms with Gasteiger partial charge in [-0.3, -0.25) is 9.59 Å². The van der Waals surface area contributed by atoms with Gasteiger partial charge in [0.05, 0.1) is 0 Å². The first-order valence-corrected chi connectivity index (χ1v) is 8.53. The highest BCUT2D eigenvalue weighted by Gasteiger charge is 2.23. The molecule has 2 aromatic carbocycles. The lowest BCUT2D eigenvalue weighted by atomic mass is 10.2. The van der Waals surface area contributed by atoms with Gasteiger partial charge in [0, 0.05) is 22.3 Å². The second-order valence-electron chi connectivity index (χ2n) is 6.03. The standard InChI is InChI=1S/C19H19ClN2O3/c1-12(25-17-10-4-14(20)5-11-17)18(23)21-15-6-2-13(3-7-15)19(24)22-16-8-9-16/h2-7,10-12,16H,8-9H2,1H3,(H,21,23)(H,22,24)/t12-/m0/s1. The number of amides is 2. The molecule has 1 fully saturated rings. The molecular weight excluding hydrogens is 340 g/mol. The molecule has 25 heavy (non-hydrogen) atoms. The van der Waals surface area contributed by atoms with E-state index in [0.717, 1.165) is 12.8 Å². The fourth-order valence-corrected chi connectivity index (χ4v) is 2.34. The second-order valence-corrected chi connectivity index (χ2v) is 6.46. The number of rotatable bonds is 6. The van der Waals surface area contributed by atoms with Gasteiger partial charge in [-0.1, -0.05) is 11.6 Å². The zero-order chi connectivity index (χ0) is 17.8. The van der Waals surface area contributed by atoms with Gasteiger partial charge < -0.3 is 15.4 Å². The van der Waals surface area contributed by atoms with E-state index in [1.807, 2.05) is 0 Å². The molecule has 1 atom stereocenters. The highest BCUT2D eigenvalue weighted by atomic mass is 35.5. The Labute approximate surface area is 151 Å². The first kappa shape index (κ1) is 17.3. The summed E-state index contributed by atoms with van der Waals surface area (Å²) in [5.74, 6) is 0.212. The van der Waals surface area contributed by atoms with Crippen molar-refractivity contribution in [2.45, 2.75) is 31.9 Å². The van der Waals surface area contributed by atoms with E-state index >= 15 is 0 Å². The van der Waals surface area contributed by atoms with Crippen LogP contribution in [0.2, 0.25) is 5.02 Å². The zero-order valence-corrected chi connectivity index (χ0v) is 14.5. The predicted molar refractivity (Wildman–Crippen MR) is 97.1 cm³/mol. The molecule has 0 bridgehead atoms. The van der Waals surface area contributed by atoms with Crippen LogP contribution in [0.4, 0.5) is 5.69 Å². The van der Waals surface area contributed by atoms with E-state index in [1.165, 1.54) is 0 Å². The third-order valence-corrected chi connectivity index (χ3v) is 4.07. The summed E-state index contributed by atoms with van der Waals surface area (Å²) < 4.78 is 5.58. The molecule has 0 saturated heterocycles. The average molecular weight is 359 g/mol. The highest BCUT2D eigenvalue weighted by Crippen LogP contribution is 2.20. The van der Waals surface area contributed by atoms with Crippen LogP contribution in [-0.2, 0) is 4.79 Å². The monoisotopic (exact) mass is 358 g/mol. The molecule has 5 nitrogen and oxygen atoms in total. The van der Waals surface area contributed by atoms with E-state index in [9.17, 15) is 9.59 Å². The van der Waals surface area contributed by atoms with Crippen molar-refractivity contribution >= 4 is 29.1 Å². The van der Waals surface area contributed by atoms with Gasteiger partial charge in [0.25, 0.3) is 11.8 Å². The Kier molecular flexibility index (Phi) is 5.24. The van der Waals surface area contributed by atoms with E-state index in [1.54, 1.807) is 55.5 Å². The van der Waals surface area contributed by atoms with Gasteiger partial charge in [-0.05, 0) is 68.3 Å². The molecule has 6 heteroatoms. The smallest absolute Gasteiger partial charge is 0.265 e. The topological polar surface area (TPSA) is 67.4 Å². The summed E-state index contributed by atoms with van der Waals surface area (Å²) >= 11 is 5.82. The molecule has 0 heterocycles. The fraction of sp³-hybridized carbons (Fsp3) is 0.263. The number of anilines is 1. The zero-order valence-electron chi connectivity index (χ0n) is 13.8. The third kappa shape index (κ3) is 4.97. The van der Waals surface area contributed by atoms with Crippen LogP contribution in [0.3, 0.4) is 0 Å². The Bertz CT molecular complexity index is 755. The number of carbonyl (C=O) groups excluding carboxylic acids is 2. The summed E-state index contributed by atoms with van der Waals surface area (Å²) in [6.07, 6.45) is 1.43. The van der Waals surface area contributed by atoms with Crippen LogP contribution in [0.5, 0.6) is 5.75 Å². The first-order chi connectivity index (χ1) is 12.0. The molecule has 3 rings (SSSR count). The van der Waals surface area contributed by atoms with Crippen LogP contribution < -0.4 is 15.4 Å². The molecule has 1 aliphatic rings. The van der Waals surface area contributed by atoms with Gasteiger partial charge in [-0.15, -0.1) is 0 Å². The minimum atomic E-state index is -0.668. The lowest BCUT2D eigenvalue weighted by molar-refractivity contribution is -0.122. The van der Waals surface area contributed by atoms with Gasteiger partial charge in [-0.25, -0.2) is 0 Å². The Morgan fingerprint density at radius 3 is 2.32 bits per heavy atom. The molecule has 130 valence electrons. The van der Waals surface area contributed by atoms with E-state index in [2.05, 4.69) is 10.6 Å². The molecule has 2 amide bonds. The van der Waals surface area contributed by atoms with Crippen molar-refractivity contribution < 1.29 is 14.3 Å². The van der Waals surface area contributed by atoms with Crippen molar-refractivity contribution in [1.82, 2.24) is 5.32 Å². The molecule has 2 aromatic rings. The number of halogens is 1. The number of hydrogen-bond acceptors (Lipinski definition) is 3. The van der Waals surface area contributed by atoms with Gasteiger partial charge in [0.2, 0.25) is 0 Å². The van der Waals surface area contributed by atoms with Crippen LogP contribution in [-0.4, -0.2) is 24.0 Å².